The Morgan fingerprint density at radius 1 is 1.23 bits per heavy atom. The van der Waals surface area contributed by atoms with E-state index in [9.17, 15) is 0 Å². The Hall–Kier alpha value is -3.88. The van der Waals surface area contributed by atoms with Gasteiger partial charge in [-0.1, -0.05) is 24.8 Å². The van der Waals surface area contributed by atoms with Gasteiger partial charge in [-0.05, 0) is 68.4 Å². The smallest absolute Gasteiger partial charge is 0.187 e. The number of anilines is 2. The SMILES string of the molecule is C=C(NC1=C(N)CCC=C1)c1ccc(Nc2nc(-c3cnc4cc(CN(C)C)ccn34)cs2)cc1. The maximum Gasteiger partial charge on any atom is 0.187 e. The van der Waals surface area contributed by atoms with Gasteiger partial charge in [0.05, 0.1) is 17.6 Å². The molecule has 1 aliphatic carbocycles. The molecule has 0 saturated heterocycles. The number of nitrogens with one attached hydrogen (secondary N) is 2. The van der Waals surface area contributed by atoms with Gasteiger partial charge in [0.25, 0.3) is 0 Å². The zero-order valence-corrected chi connectivity index (χ0v) is 20.8. The topological polar surface area (TPSA) is 83.5 Å². The van der Waals surface area contributed by atoms with Crippen LogP contribution >= 0.6 is 11.3 Å². The lowest BCUT2D eigenvalue weighted by Gasteiger charge is -2.16. The van der Waals surface area contributed by atoms with Gasteiger partial charge in [0.2, 0.25) is 0 Å². The highest BCUT2D eigenvalue weighted by atomic mass is 32.1. The van der Waals surface area contributed by atoms with E-state index in [4.69, 9.17) is 10.7 Å². The van der Waals surface area contributed by atoms with Crippen LogP contribution in [0.1, 0.15) is 24.0 Å². The first-order chi connectivity index (χ1) is 17.0. The normalized spacial score (nSPS) is 13.6. The van der Waals surface area contributed by atoms with Crippen LogP contribution in [0, 0.1) is 0 Å². The number of aromatic nitrogens is 3. The van der Waals surface area contributed by atoms with E-state index in [1.54, 1.807) is 11.3 Å². The molecule has 1 aliphatic rings. The van der Waals surface area contributed by atoms with Gasteiger partial charge in [-0.25, -0.2) is 9.97 Å². The molecule has 8 heteroatoms. The molecule has 0 atom stereocenters. The average Bonchev–Trinajstić information content (AvgIpc) is 3.47. The molecule has 7 nitrogen and oxygen atoms in total. The Balaban J connectivity index is 1.27. The third-order valence-electron chi connectivity index (χ3n) is 5.82. The lowest BCUT2D eigenvalue weighted by atomic mass is 10.1. The summed E-state index contributed by atoms with van der Waals surface area (Å²) in [4.78, 5) is 11.5. The Morgan fingerprint density at radius 2 is 2.06 bits per heavy atom. The van der Waals surface area contributed by atoms with Crippen molar-refractivity contribution >= 4 is 33.5 Å². The fourth-order valence-corrected chi connectivity index (χ4v) is 4.77. The number of thiazole rings is 1. The summed E-state index contributed by atoms with van der Waals surface area (Å²) in [5.74, 6) is 0. The van der Waals surface area contributed by atoms with Crippen LogP contribution in [0.5, 0.6) is 0 Å². The van der Waals surface area contributed by atoms with Crippen molar-refractivity contribution in [3.63, 3.8) is 0 Å². The first kappa shape index (κ1) is 22.9. The molecular weight excluding hydrogens is 454 g/mol. The van der Waals surface area contributed by atoms with Crippen LogP contribution in [0.4, 0.5) is 10.8 Å². The fraction of sp³-hybridized carbons (Fsp3) is 0.185. The van der Waals surface area contributed by atoms with Crippen LogP contribution in [0.25, 0.3) is 22.7 Å². The first-order valence-electron chi connectivity index (χ1n) is 11.5. The summed E-state index contributed by atoms with van der Waals surface area (Å²) >= 11 is 1.57. The molecule has 1 aromatic carbocycles. The standard InChI is InChI=1S/C27H29N7S/c1-18(30-23-7-5-4-6-22(23)28)20-8-10-21(11-9-20)31-27-32-24(17-35-27)25-15-29-26-14-19(16-33(2)3)12-13-34(25)26/h5,7-15,17,30H,1,4,6,16,28H2,2-3H3,(H,31,32). The van der Waals surface area contributed by atoms with Gasteiger partial charge in [0.1, 0.15) is 11.3 Å². The molecule has 0 fully saturated rings. The molecule has 0 radical (unpaired) electrons. The molecule has 0 saturated carbocycles. The minimum atomic E-state index is 0.818. The van der Waals surface area contributed by atoms with Crippen LogP contribution in [0.15, 0.2) is 84.3 Å². The summed E-state index contributed by atoms with van der Waals surface area (Å²) in [7, 11) is 4.13. The molecule has 3 heterocycles. The summed E-state index contributed by atoms with van der Waals surface area (Å²) in [6, 6.07) is 12.4. The second-order valence-corrected chi connectivity index (χ2v) is 9.73. The van der Waals surface area contributed by atoms with Crippen molar-refractivity contribution in [3.8, 4) is 11.4 Å². The number of rotatable bonds is 8. The largest absolute Gasteiger partial charge is 0.400 e. The van der Waals surface area contributed by atoms with Crippen molar-refractivity contribution in [2.24, 2.45) is 5.73 Å². The number of hydrogen-bond acceptors (Lipinski definition) is 7. The zero-order chi connectivity index (χ0) is 24.4. The van der Waals surface area contributed by atoms with Crippen LogP contribution < -0.4 is 16.4 Å². The Labute approximate surface area is 209 Å². The number of hydrogen-bond donors (Lipinski definition) is 3. The van der Waals surface area contributed by atoms with Gasteiger partial charge < -0.3 is 21.3 Å². The van der Waals surface area contributed by atoms with E-state index in [1.165, 1.54) is 5.56 Å². The molecule has 0 bridgehead atoms. The van der Waals surface area contributed by atoms with E-state index >= 15 is 0 Å². The highest BCUT2D eigenvalue weighted by Gasteiger charge is 2.12. The van der Waals surface area contributed by atoms with Crippen molar-refractivity contribution in [2.75, 3.05) is 19.4 Å². The number of fused-ring (bicyclic) bond motifs is 1. The monoisotopic (exact) mass is 483 g/mol. The molecule has 5 rings (SSSR count). The van der Waals surface area contributed by atoms with Crippen molar-refractivity contribution in [2.45, 2.75) is 19.4 Å². The third-order valence-corrected chi connectivity index (χ3v) is 6.58. The van der Waals surface area contributed by atoms with E-state index in [0.717, 1.165) is 69.9 Å². The summed E-state index contributed by atoms with van der Waals surface area (Å²) in [5.41, 5.74) is 14.7. The van der Waals surface area contributed by atoms with Crippen LogP contribution in [0.2, 0.25) is 0 Å². The minimum Gasteiger partial charge on any atom is -0.400 e. The number of nitrogens with two attached hydrogens (primary N) is 1. The number of allylic oxidation sites excluding steroid dienone is 3. The molecule has 3 aromatic heterocycles. The summed E-state index contributed by atoms with van der Waals surface area (Å²) in [6.45, 7) is 5.05. The van der Waals surface area contributed by atoms with Crippen molar-refractivity contribution in [3.05, 3.63) is 95.4 Å². The zero-order valence-electron chi connectivity index (χ0n) is 20.0. The summed E-state index contributed by atoms with van der Waals surface area (Å²) in [5, 5.41) is 9.61. The van der Waals surface area contributed by atoms with E-state index in [0.29, 0.717) is 0 Å². The van der Waals surface area contributed by atoms with E-state index in [-0.39, 0.29) is 0 Å². The highest BCUT2D eigenvalue weighted by Crippen LogP contribution is 2.28. The highest BCUT2D eigenvalue weighted by molar-refractivity contribution is 7.14. The van der Waals surface area contributed by atoms with E-state index in [2.05, 4.69) is 75.4 Å². The number of imidazole rings is 1. The molecule has 0 aliphatic heterocycles. The van der Waals surface area contributed by atoms with Crippen LogP contribution in [-0.2, 0) is 6.54 Å². The van der Waals surface area contributed by atoms with Gasteiger partial charge in [0.15, 0.2) is 5.13 Å². The van der Waals surface area contributed by atoms with Gasteiger partial charge in [-0.3, -0.25) is 4.40 Å². The summed E-state index contributed by atoms with van der Waals surface area (Å²) in [6.07, 6.45) is 9.94. The Morgan fingerprint density at radius 3 is 2.83 bits per heavy atom. The maximum absolute atomic E-state index is 6.11. The van der Waals surface area contributed by atoms with Gasteiger partial charge in [0, 0.05) is 35.2 Å². The van der Waals surface area contributed by atoms with E-state index < -0.39 is 0 Å². The van der Waals surface area contributed by atoms with Gasteiger partial charge in [-0.2, -0.15) is 0 Å². The van der Waals surface area contributed by atoms with Gasteiger partial charge in [-0.15, -0.1) is 11.3 Å². The number of nitrogens with zero attached hydrogens (tertiary/aromatic N) is 4. The quantitative estimate of drug-likeness (QED) is 0.314. The molecular formula is C27H29N7S. The average molecular weight is 484 g/mol. The Bertz CT molecular complexity index is 1420. The molecule has 0 spiro atoms. The molecule has 35 heavy (non-hydrogen) atoms. The summed E-state index contributed by atoms with van der Waals surface area (Å²) < 4.78 is 2.08. The molecule has 4 N–H and O–H groups in total. The lowest BCUT2D eigenvalue weighted by molar-refractivity contribution is 0.402. The van der Waals surface area contributed by atoms with Crippen LogP contribution in [0.3, 0.4) is 0 Å². The lowest BCUT2D eigenvalue weighted by Crippen LogP contribution is -2.17. The van der Waals surface area contributed by atoms with Crippen molar-refractivity contribution in [1.82, 2.24) is 24.6 Å². The predicted octanol–water partition coefficient (Wildman–Crippen LogP) is 5.34. The maximum atomic E-state index is 6.11. The third kappa shape index (κ3) is 5.13. The molecule has 0 amide bonds. The number of pyridine rings is 1. The van der Waals surface area contributed by atoms with Crippen molar-refractivity contribution < 1.29 is 0 Å². The molecule has 4 aromatic rings. The van der Waals surface area contributed by atoms with Crippen molar-refractivity contribution in [1.29, 1.82) is 0 Å². The second kappa shape index (κ2) is 9.77. The van der Waals surface area contributed by atoms with Gasteiger partial charge >= 0.3 is 0 Å². The first-order valence-corrected chi connectivity index (χ1v) is 12.4. The molecule has 0 unspecified atom stereocenters. The predicted molar refractivity (Wildman–Crippen MR) is 145 cm³/mol. The fourth-order valence-electron chi connectivity index (χ4n) is 4.04. The van der Waals surface area contributed by atoms with Crippen LogP contribution in [-0.4, -0.2) is 33.4 Å². The number of benzene rings is 1. The second-order valence-electron chi connectivity index (χ2n) is 8.87. The Kier molecular flexibility index (Phi) is 6.39. The molecule has 178 valence electrons. The minimum absolute atomic E-state index is 0.818. The van der Waals surface area contributed by atoms with E-state index in [1.807, 2.05) is 36.5 Å².